The van der Waals surface area contributed by atoms with E-state index in [1.807, 2.05) is 29.2 Å². The Balaban J connectivity index is 1.28. The van der Waals surface area contributed by atoms with E-state index in [1.165, 1.54) is 0 Å². The number of imidazole rings is 1. The lowest BCUT2D eigenvalue weighted by molar-refractivity contribution is -0.00158. The van der Waals surface area contributed by atoms with Gasteiger partial charge in [-0.1, -0.05) is 11.6 Å². The summed E-state index contributed by atoms with van der Waals surface area (Å²) >= 11 is 6.19. The first kappa shape index (κ1) is 20.2. The molecule has 0 spiro atoms. The van der Waals surface area contributed by atoms with E-state index < -0.39 is 0 Å². The topological polar surface area (TPSA) is 90.9 Å². The van der Waals surface area contributed by atoms with E-state index in [0.29, 0.717) is 42.2 Å². The van der Waals surface area contributed by atoms with Crippen molar-refractivity contribution >= 4 is 28.8 Å². The van der Waals surface area contributed by atoms with E-state index in [4.69, 9.17) is 21.1 Å². The van der Waals surface area contributed by atoms with Gasteiger partial charge in [0.1, 0.15) is 5.15 Å². The van der Waals surface area contributed by atoms with Crippen molar-refractivity contribution in [2.75, 3.05) is 25.6 Å². The quantitative estimate of drug-likeness (QED) is 0.439. The highest BCUT2D eigenvalue weighted by atomic mass is 35.5. The second-order valence-electron chi connectivity index (χ2n) is 7.72. The van der Waals surface area contributed by atoms with Crippen LogP contribution in [0.1, 0.15) is 25.7 Å². The number of nitrogens with zero attached hydrogens (tertiary/aromatic N) is 6. The zero-order chi connectivity index (χ0) is 21.2. The van der Waals surface area contributed by atoms with Gasteiger partial charge >= 0.3 is 0 Å². The molecule has 9 nitrogen and oxygen atoms in total. The molecule has 0 atom stereocenters. The molecule has 4 heterocycles. The first-order valence-corrected chi connectivity index (χ1v) is 10.8. The molecule has 0 aromatic carbocycles. The molecule has 0 radical (unpaired) electrons. The molecule has 0 saturated heterocycles. The van der Waals surface area contributed by atoms with E-state index in [2.05, 4.69) is 25.4 Å². The van der Waals surface area contributed by atoms with Gasteiger partial charge in [0.15, 0.2) is 0 Å². The number of aromatic nitrogens is 6. The van der Waals surface area contributed by atoms with Crippen LogP contribution in [0.2, 0.25) is 5.15 Å². The van der Waals surface area contributed by atoms with Crippen LogP contribution in [0.15, 0.2) is 37.1 Å². The number of nitrogens with one attached hydrogen (secondary N) is 1. The van der Waals surface area contributed by atoms with Gasteiger partial charge in [0.25, 0.3) is 0 Å². The highest BCUT2D eigenvalue weighted by Gasteiger charge is 2.22. The van der Waals surface area contributed by atoms with Gasteiger partial charge in [0.2, 0.25) is 11.7 Å². The van der Waals surface area contributed by atoms with Crippen LogP contribution in [0.25, 0.3) is 22.4 Å². The Morgan fingerprint density at radius 3 is 2.77 bits per heavy atom. The van der Waals surface area contributed by atoms with E-state index >= 15 is 0 Å². The zero-order valence-corrected chi connectivity index (χ0v) is 18.0. The number of methoxy groups -OCH3 is 1. The maximum absolute atomic E-state index is 6.19. The summed E-state index contributed by atoms with van der Waals surface area (Å²) in [6.45, 7) is 1.30. The molecule has 1 aliphatic carbocycles. The van der Waals surface area contributed by atoms with Crippen LogP contribution in [0.4, 0.5) is 5.95 Å². The van der Waals surface area contributed by atoms with E-state index in [1.54, 1.807) is 23.9 Å². The Labute approximate surface area is 184 Å². The Kier molecular flexibility index (Phi) is 5.71. The van der Waals surface area contributed by atoms with Crippen molar-refractivity contribution in [1.82, 2.24) is 29.0 Å². The fraction of sp³-hybridized carbons (Fsp3) is 0.429. The van der Waals surface area contributed by atoms with Crippen molar-refractivity contribution in [3.63, 3.8) is 0 Å². The van der Waals surface area contributed by atoms with Crippen molar-refractivity contribution in [3.05, 3.63) is 42.2 Å². The number of halogens is 1. The maximum atomic E-state index is 6.19. The molecule has 31 heavy (non-hydrogen) atoms. The van der Waals surface area contributed by atoms with E-state index in [9.17, 15) is 0 Å². The molecule has 0 bridgehead atoms. The van der Waals surface area contributed by atoms with Crippen LogP contribution in [-0.4, -0.2) is 61.4 Å². The smallest absolute Gasteiger partial charge is 0.241 e. The van der Waals surface area contributed by atoms with Gasteiger partial charge in [-0.25, -0.2) is 19.5 Å². The lowest BCUT2D eigenvalue weighted by Gasteiger charge is -2.29. The molecule has 1 fully saturated rings. The lowest BCUT2D eigenvalue weighted by atomic mass is 9.93. The summed E-state index contributed by atoms with van der Waals surface area (Å²) in [6, 6.07) is 2.36. The molecule has 1 N–H and O–H groups in total. The van der Waals surface area contributed by atoms with Crippen LogP contribution in [-0.2, 0) is 9.47 Å². The summed E-state index contributed by atoms with van der Waals surface area (Å²) in [7, 11) is 1.69. The molecular weight excluding hydrogens is 418 g/mol. The molecule has 5 rings (SSSR count). The minimum Gasteiger partial charge on any atom is -0.382 e. The number of fused-ring (bicyclic) bond motifs is 2. The maximum Gasteiger partial charge on any atom is 0.241 e. The molecule has 1 saturated carbocycles. The SMILES string of the molecule is COCCOC1CCC(Nc2ncc3c(-c4cnc5ncc(Cl)n5c4)ccn3n2)CC1. The van der Waals surface area contributed by atoms with Gasteiger partial charge in [-0.05, 0) is 31.7 Å². The number of hydrogen-bond acceptors (Lipinski definition) is 7. The highest BCUT2D eigenvalue weighted by molar-refractivity contribution is 6.29. The lowest BCUT2D eigenvalue weighted by Crippen LogP contribution is -2.31. The monoisotopic (exact) mass is 441 g/mol. The number of ether oxygens (including phenoxy) is 2. The number of rotatable bonds is 7. The second-order valence-corrected chi connectivity index (χ2v) is 8.10. The predicted molar refractivity (Wildman–Crippen MR) is 117 cm³/mol. The van der Waals surface area contributed by atoms with Gasteiger partial charge < -0.3 is 14.8 Å². The average molecular weight is 442 g/mol. The van der Waals surface area contributed by atoms with Gasteiger partial charge in [-0.15, -0.1) is 5.10 Å². The summed E-state index contributed by atoms with van der Waals surface area (Å²) in [4.78, 5) is 13.1. The van der Waals surface area contributed by atoms with Crippen molar-refractivity contribution in [2.24, 2.45) is 0 Å². The fourth-order valence-corrected chi connectivity index (χ4v) is 4.22. The molecule has 162 valence electrons. The first-order chi connectivity index (χ1) is 15.2. The van der Waals surface area contributed by atoms with Crippen molar-refractivity contribution < 1.29 is 9.47 Å². The van der Waals surface area contributed by atoms with Gasteiger partial charge in [-0.3, -0.25) is 4.40 Å². The Morgan fingerprint density at radius 2 is 1.94 bits per heavy atom. The van der Waals surface area contributed by atoms with Crippen LogP contribution in [0, 0.1) is 0 Å². The minimum absolute atomic E-state index is 0.318. The number of anilines is 1. The van der Waals surface area contributed by atoms with Gasteiger partial charge in [-0.2, -0.15) is 0 Å². The molecule has 10 heteroatoms. The molecule has 4 aromatic heterocycles. The summed E-state index contributed by atoms with van der Waals surface area (Å²) in [5, 5.41) is 8.64. The summed E-state index contributed by atoms with van der Waals surface area (Å²) < 4.78 is 14.5. The molecule has 0 amide bonds. The van der Waals surface area contributed by atoms with Crippen molar-refractivity contribution in [1.29, 1.82) is 0 Å². The Hall–Kier alpha value is -2.75. The van der Waals surface area contributed by atoms with E-state index in [0.717, 1.165) is 42.3 Å². The summed E-state index contributed by atoms with van der Waals surface area (Å²) in [6.07, 6.45) is 13.5. The van der Waals surface area contributed by atoms with Gasteiger partial charge in [0.05, 0.1) is 37.2 Å². The Bertz CT molecular complexity index is 1180. The molecular formula is C21H24ClN7O2. The standard InChI is InChI=1S/C21H24ClN7O2/c1-30-8-9-31-16-4-2-15(3-5-16)26-20-23-11-18-17(6-7-29(18)27-20)14-10-24-21-25-12-19(22)28(21)13-14/h6-7,10-13,15-16H,2-5,8-9H2,1H3,(H,26,27). The average Bonchev–Trinajstić information content (AvgIpc) is 3.38. The van der Waals surface area contributed by atoms with Crippen LogP contribution in [0.5, 0.6) is 0 Å². The largest absolute Gasteiger partial charge is 0.382 e. The predicted octanol–water partition coefficient (Wildman–Crippen LogP) is 3.48. The third-order valence-electron chi connectivity index (χ3n) is 5.70. The highest BCUT2D eigenvalue weighted by Crippen LogP contribution is 2.27. The molecule has 0 aliphatic heterocycles. The summed E-state index contributed by atoms with van der Waals surface area (Å²) in [5.74, 6) is 1.20. The second kappa shape index (κ2) is 8.78. The molecule has 1 aliphatic rings. The third-order valence-corrected chi connectivity index (χ3v) is 5.98. The van der Waals surface area contributed by atoms with Crippen LogP contribution >= 0.6 is 11.6 Å². The van der Waals surface area contributed by atoms with Crippen molar-refractivity contribution in [3.8, 4) is 11.1 Å². The molecule has 0 unspecified atom stereocenters. The van der Waals surface area contributed by atoms with Gasteiger partial charge in [0, 0.05) is 42.9 Å². The minimum atomic E-state index is 0.318. The summed E-state index contributed by atoms with van der Waals surface area (Å²) in [5.41, 5.74) is 2.81. The van der Waals surface area contributed by atoms with Crippen LogP contribution in [0.3, 0.4) is 0 Å². The fourth-order valence-electron chi connectivity index (χ4n) is 4.05. The van der Waals surface area contributed by atoms with E-state index in [-0.39, 0.29) is 0 Å². The number of hydrogen-bond donors (Lipinski definition) is 1. The van der Waals surface area contributed by atoms with Crippen molar-refractivity contribution in [2.45, 2.75) is 37.8 Å². The third kappa shape index (κ3) is 4.21. The first-order valence-electron chi connectivity index (χ1n) is 10.4. The normalized spacial score (nSPS) is 19.3. The molecule has 4 aromatic rings. The zero-order valence-electron chi connectivity index (χ0n) is 17.2. The Morgan fingerprint density at radius 1 is 1.10 bits per heavy atom. The van der Waals surface area contributed by atoms with Crippen LogP contribution < -0.4 is 5.32 Å².